The fourth-order valence-electron chi connectivity index (χ4n) is 2.17. The van der Waals surface area contributed by atoms with E-state index < -0.39 is 0 Å². The van der Waals surface area contributed by atoms with Crippen molar-refractivity contribution in [3.63, 3.8) is 0 Å². The maximum Gasteiger partial charge on any atom is 0.191 e. The van der Waals surface area contributed by atoms with Gasteiger partial charge in [-0.3, -0.25) is 4.99 Å². The first-order valence-electron chi connectivity index (χ1n) is 8.26. The summed E-state index contributed by atoms with van der Waals surface area (Å²) in [6, 6.07) is 8.52. The van der Waals surface area contributed by atoms with Crippen LogP contribution in [0.4, 0.5) is 0 Å². The minimum absolute atomic E-state index is 0. The quantitative estimate of drug-likeness (QED) is 0.271. The van der Waals surface area contributed by atoms with Gasteiger partial charge in [0.15, 0.2) is 5.96 Å². The Morgan fingerprint density at radius 1 is 1.17 bits per heavy atom. The maximum absolute atomic E-state index is 5.57. The first-order chi connectivity index (χ1) is 10.7. The van der Waals surface area contributed by atoms with Crippen LogP contribution in [0.1, 0.15) is 38.3 Å². The normalized spacial score (nSPS) is 11.3. The Bertz CT molecular complexity index is 450. The third kappa shape index (κ3) is 9.81. The van der Waals surface area contributed by atoms with Gasteiger partial charge in [-0.05, 0) is 29.9 Å². The van der Waals surface area contributed by atoms with Gasteiger partial charge < -0.3 is 15.4 Å². The van der Waals surface area contributed by atoms with E-state index in [2.05, 4.69) is 60.7 Å². The molecule has 132 valence electrons. The zero-order valence-electron chi connectivity index (χ0n) is 14.9. The summed E-state index contributed by atoms with van der Waals surface area (Å²) in [5.74, 6) is 1.44. The van der Waals surface area contributed by atoms with E-state index in [-0.39, 0.29) is 24.0 Å². The van der Waals surface area contributed by atoms with E-state index in [0.29, 0.717) is 5.92 Å². The molecule has 1 rings (SSSR count). The molecule has 0 radical (unpaired) electrons. The molecule has 0 aromatic heterocycles. The van der Waals surface area contributed by atoms with Crippen molar-refractivity contribution in [1.29, 1.82) is 0 Å². The summed E-state index contributed by atoms with van der Waals surface area (Å²) < 4.78 is 5.57. The van der Waals surface area contributed by atoms with Gasteiger partial charge in [0.2, 0.25) is 0 Å². The van der Waals surface area contributed by atoms with Gasteiger partial charge in [-0.25, -0.2) is 0 Å². The summed E-state index contributed by atoms with van der Waals surface area (Å²) in [5, 5.41) is 6.69. The molecule has 0 aliphatic rings. The predicted molar refractivity (Wildman–Crippen MR) is 110 cm³/mol. The molecule has 0 unspecified atom stereocenters. The van der Waals surface area contributed by atoms with Gasteiger partial charge in [0.1, 0.15) is 0 Å². The minimum atomic E-state index is 0. The van der Waals surface area contributed by atoms with Gasteiger partial charge in [-0.15, -0.1) is 24.0 Å². The van der Waals surface area contributed by atoms with Crippen molar-refractivity contribution >= 4 is 29.9 Å². The Balaban J connectivity index is 0.00000484. The van der Waals surface area contributed by atoms with Crippen molar-refractivity contribution in [1.82, 2.24) is 10.6 Å². The molecule has 2 N–H and O–H groups in total. The minimum Gasteiger partial charge on any atom is -0.381 e. The second-order valence-corrected chi connectivity index (χ2v) is 5.80. The average Bonchev–Trinajstić information content (AvgIpc) is 2.53. The monoisotopic (exact) mass is 433 g/mol. The lowest BCUT2D eigenvalue weighted by molar-refractivity contribution is 0.108. The number of guanidine groups is 1. The second-order valence-electron chi connectivity index (χ2n) is 5.80. The predicted octanol–water partition coefficient (Wildman–Crippen LogP) is 3.59. The molecule has 0 bridgehead atoms. The molecule has 0 aliphatic heterocycles. The number of halogens is 1. The molecule has 0 aliphatic carbocycles. The van der Waals surface area contributed by atoms with Crippen molar-refractivity contribution in [2.24, 2.45) is 10.9 Å². The summed E-state index contributed by atoms with van der Waals surface area (Å²) in [4.78, 5) is 4.26. The third-order valence-corrected chi connectivity index (χ3v) is 3.38. The summed E-state index contributed by atoms with van der Waals surface area (Å²) in [5.41, 5.74) is 2.71. The van der Waals surface area contributed by atoms with Crippen LogP contribution in [0.3, 0.4) is 0 Å². The van der Waals surface area contributed by atoms with Crippen LogP contribution in [0.25, 0.3) is 0 Å². The van der Waals surface area contributed by atoms with Gasteiger partial charge in [0, 0.05) is 33.4 Å². The molecular formula is C18H32IN3O. The highest BCUT2D eigenvalue weighted by molar-refractivity contribution is 14.0. The molecule has 0 amide bonds. The van der Waals surface area contributed by atoms with Gasteiger partial charge >= 0.3 is 0 Å². The smallest absolute Gasteiger partial charge is 0.191 e. The van der Waals surface area contributed by atoms with Crippen molar-refractivity contribution in [2.75, 3.05) is 26.8 Å². The van der Waals surface area contributed by atoms with Crippen LogP contribution in [0.2, 0.25) is 0 Å². The summed E-state index contributed by atoms with van der Waals surface area (Å²) in [7, 11) is 1.80. The molecule has 0 saturated carbocycles. The Labute approximate surface area is 158 Å². The lowest BCUT2D eigenvalue weighted by Gasteiger charge is -2.14. The van der Waals surface area contributed by atoms with Crippen molar-refractivity contribution in [3.8, 4) is 0 Å². The standard InChI is InChI=1S/C18H31N3O.HI/c1-5-16-9-6-7-10-17(16)13-21-18(19-4)20-11-8-12-22-14-15(2)3;/h6-7,9-10,15H,5,8,11-14H2,1-4H3,(H2,19,20,21);1H. The maximum atomic E-state index is 5.57. The van der Waals surface area contributed by atoms with E-state index in [0.717, 1.165) is 45.1 Å². The fraction of sp³-hybridized carbons (Fsp3) is 0.611. The highest BCUT2D eigenvalue weighted by Crippen LogP contribution is 2.08. The van der Waals surface area contributed by atoms with Gasteiger partial charge in [0.05, 0.1) is 0 Å². The summed E-state index contributed by atoms with van der Waals surface area (Å²) >= 11 is 0. The number of rotatable bonds is 9. The molecule has 0 spiro atoms. The van der Waals surface area contributed by atoms with E-state index in [4.69, 9.17) is 4.74 Å². The highest BCUT2D eigenvalue weighted by Gasteiger charge is 2.02. The molecule has 0 atom stereocenters. The van der Waals surface area contributed by atoms with Crippen LogP contribution in [0, 0.1) is 5.92 Å². The third-order valence-electron chi connectivity index (χ3n) is 3.38. The van der Waals surface area contributed by atoms with Crippen molar-refractivity contribution in [2.45, 2.75) is 40.2 Å². The SMILES string of the molecule is CCc1ccccc1CNC(=NC)NCCCOCC(C)C.I. The van der Waals surface area contributed by atoms with E-state index in [1.165, 1.54) is 11.1 Å². The number of hydrogen-bond acceptors (Lipinski definition) is 2. The van der Waals surface area contributed by atoms with Crippen LogP contribution in [0.5, 0.6) is 0 Å². The molecule has 5 heteroatoms. The molecule has 1 aromatic carbocycles. The lowest BCUT2D eigenvalue weighted by atomic mass is 10.1. The first kappa shape index (κ1) is 22.2. The number of nitrogens with zero attached hydrogens (tertiary/aromatic N) is 1. The molecule has 4 nitrogen and oxygen atoms in total. The summed E-state index contributed by atoms with van der Waals surface area (Å²) in [6.45, 7) is 9.81. The molecule has 0 heterocycles. The molecule has 0 fully saturated rings. The Morgan fingerprint density at radius 3 is 2.48 bits per heavy atom. The van der Waals surface area contributed by atoms with Crippen LogP contribution in [0.15, 0.2) is 29.3 Å². The fourth-order valence-corrected chi connectivity index (χ4v) is 2.17. The Hall–Kier alpha value is -0.820. The van der Waals surface area contributed by atoms with Crippen LogP contribution in [-0.4, -0.2) is 32.8 Å². The Morgan fingerprint density at radius 2 is 1.87 bits per heavy atom. The largest absolute Gasteiger partial charge is 0.381 e. The number of benzene rings is 1. The Kier molecular flexibility index (Phi) is 13.1. The molecule has 0 saturated heterocycles. The highest BCUT2D eigenvalue weighted by atomic mass is 127. The van der Waals surface area contributed by atoms with Gasteiger partial charge in [0.25, 0.3) is 0 Å². The zero-order valence-corrected chi connectivity index (χ0v) is 17.2. The van der Waals surface area contributed by atoms with Crippen LogP contribution in [-0.2, 0) is 17.7 Å². The number of aliphatic imine (C=N–C) groups is 1. The van der Waals surface area contributed by atoms with E-state index in [9.17, 15) is 0 Å². The molecular weight excluding hydrogens is 401 g/mol. The summed E-state index contributed by atoms with van der Waals surface area (Å²) in [6.07, 6.45) is 2.04. The second kappa shape index (κ2) is 13.6. The van der Waals surface area contributed by atoms with Crippen LogP contribution >= 0.6 is 24.0 Å². The molecule has 1 aromatic rings. The first-order valence-corrected chi connectivity index (χ1v) is 8.26. The van der Waals surface area contributed by atoms with Crippen LogP contribution < -0.4 is 10.6 Å². The van der Waals surface area contributed by atoms with E-state index in [1.807, 2.05) is 0 Å². The van der Waals surface area contributed by atoms with E-state index in [1.54, 1.807) is 7.05 Å². The van der Waals surface area contributed by atoms with Gasteiger partial charge in [-0.1, -0.05) is 45.0 Å². The number of nitrogens with one attached hydrogen (secondary N) is 2. The van der Waals surface area contributed by atoms with Crippen molar-refractivity contribution in [3.05, 3.63) is 35.4 Å². The number of ether oxygens (including phenoxy) is 1. The number of aryl methyl sites for hydroxylation is 1. The molecule has 23 heavy (non-hydrogen) atoms. The number of hydrogen-bond donors (Lipinski definition) is 2. The lowest BCUT2D eigenvalue weighted by Crippen LogP contribution is -2.37. The van der Waals surface area contributed by atoms with Crippen molar-refractivity contribution < 1.29 is 4.74 Å². The van der Waals surface area contributed by atoms with Gasteiger partial charge in [-0.2, -0.15) is 0 Å². The average molecular weight is 433 g/mol. The van der Waals surface area contributed by atoms with E-state index >= 15 is 0 Å². The topological polar surface area (TPSA) is 45.7 Å². The zero-order chi connectivity index (χ0) is 16.2.